The van der Waals surface area contributed by atoms with Crippen molar-refractivity contribution < 1.29 is 8.78 Å². The van der Waals surface area contributed by atoms with Gasteiger partial charge in [-0.25, -0.2) is 13.8 Å². The Kier molecular flexibility index (Phi) is 4.61. The molecule has 0 radical (unpaired) electrons. The van der Waals surface area contributed by atoms with E-state index in [0.717, 1.165) is 23.5 Å². The van der Waals surface area contributed by atoms with Crippen molar-refractivity contribution in [3.8, 4) is 0 Å². The summed E-state index contributed by atoms with van der Waals surface area (Å²) in [6.07, 6.45) is 0. The molecular weight excluding hydrogens is 322 g/mol. The minimum absolute atomic E-state index is 0.303. The highest BCUT2D eigenvalue weighted by Crippen LogP contribution is 2.22. The molecule has 2 N–H and O–H groups in total. The molecule has 1 heterocycles. The third-order valence-corrected chi connectivity index (χ3v) is 3.81. The lowest BCUT2D eigenvalue weighted by molar-refractivity contribution is 0.509. The number of nitrogens with zero attached hydrogens (tertiary/aromatic N) is 2. The number of rotatable bonds is 4. The van der Waals surface area contributed by atoms with Crippen LogP contribution in [0.15, 0.2) is 42.5 Å². The van der Waals surface area contributed by atoms with Crippen LogP contribution in [0.5, 0.6) is 0 Å². The van der Waals surface area contributed by atoms with Crippen molar-refractivity contribution >= 4 is 23.1 Å². The molecule has 0 aliphatic rings. The van der Waals surface area contributed by atoms with Crippen LogP contribution in [0, 0.1) is 32.4 Å². The molecule has 3 aromatic rings. The van der Waals surface area contributed by atoms with Crippen molar-refractivity contribution in [3.63, 3.8) is 0 Å². The fourth-order valence-electron chi connectivity index (χ4n) is 2.36. The van der Waals surface area contributed by atoms with Gasteiger partial charge >= 0.3 is 0 Å². The second kappa shape index (κ2) is 6.84. The van der Waals surface area contributed by atoms with E-state index in [9.17, 15) is 8.78 Å². The monoisotopic (exact) mass is 340 g/mol. The van der Waals surface area contributed by atoms with E-state index < -0.39 is 11.6 Å². The molecule has 0 saturated carbocycles. The second-order valence-electron chi connectivity index (χ2n) is 5.90. The topological polar surface area (TPSA) is 49.8 Å². The fourth-order valence-corrected chi connectivity index (χ4v) is 2.36. The molecule has 0 aliphatic carbocycles. The van der Waals surface area contributed by atoms with Crippen LogP contribution in [0.3, 0.4) is 0 Å². The van der Waals surface area contributed by atoms with E-state index in [0.29, 0.717) is 17.5 Å². The maximum absolute atomic E-state index is 13.3. The average Bonchev–Trinajstić information content (AvgIpc) is 2.54. The number of benzene rings is 2. The van der Waals surface area contributed by atoms with E-state index in [4.69, 9.17) is 0 Å². The van der Waals surface area contributed by atoms with E-state index in [1.54, 1.807) is 0 Å². The molecule has 25 heavy (non-hydrogen) atoms. The SMILES string of the molecule is Cc1cc(Nc2ccc(C)c(C)c2)nc(Nc2ccc(F)c(F)c2)n1. The van der Waals surface area contributed by atoms with Gasteiger partial charge < -0.3 is 10.6 Å². The lowest BCUT2D eigenvalue weighted by Gasteiger charge is -2.11. The van der Waals surface area contributed by atoms with Crippen molar-refractivity contribution in [1.82, 2.24) is 9.97 Å². The van der Waals surface area contributed by atoms with Crippen molar-refractivity contribution in [2.45, 2.75) is 20.8 Å². The molecule has 2 aromatic carbocycles. The number of halogens is 2. The van der Waals surface area contributed by atoms with Crippen LogP contribution in [0.4, 0.5) is 31.9 Å². The molecule has 4 nitrogen and oxygen atoms in total. The van der Waals surface area contributed by atoms with Crippen LogP contribution in [0.1, 0.15) is 16.8 Å². The highest BCUT2D eigenvalue weighted by molar-refractivity contribution is 5.61. The molecule has 3 rings (SSSR count). The smallest absolute Gasteiger partial charge is 0.229 e. The van der Waals surface area contributed by atoms with Gasteiger partial charge in [-0.1, -0.05) is 6.07 Å². The second-order valence-corrected chi connectivity index (χ2v) is 5.90. The molecular formula is C19H18F2N4. The molecule has 0 bridgehead atoms. The summed E-state index contributed by atoms with van der Waals surface area (Å²) in [5.41, 5.74) is 4.43. The first-order valence-electron chi connectivity index (χ1n) is 7.83. The quantitative estimate of drug-likeness (QED) is 0.688. The summed E-state index contributed by atoms with van der Waals surface area (Å²) >= 11 is 0. The first-order chi connectivity index (χ1) is 11.9. The molecule has 0 atom stereocenters. The summed E-state index contributed by atoms with van der Waals surface area (Å²) in [4.78, 5) is 8.65. The maximum Gasteiger partial charge on any atom is 0.229 e. The standard InChI is InChI=1S/C19H18F2N4/c1-11-4-5-14(8-12(11)2)23-18-9-13(3)22-19(25-18)24-15-6-7-16(20)17(21)10-15/h4-10H,1-3H3,(H2,22,23,24,25). The Bertz CT molecular complexity index is 854. The summed E-state index contributed by atoms with van der Waals surface area (Å²) in [5.74, 6) is -0.905. The Labute approximate surface area is 145 Å². The van der Waals surface area contributed by atoms with Crippen LogP contribution in [-0.2, 0) is 0 Å². The van der Waals surface area contributed by atoms with Crippen LogP contribution in [-0.4, -0.2) is 9.97 Å². The molecule has 128 valence electrons. The van der Waals surface area contributed by atoms with Gasteiger partial charge in [-0.05, 0) is 56.2 Å². The van der Waals surface area contributed by atoms with Gasteiger partial charge in [-0.2, -0.15) is 4.98 Å². The molecule has 1 aromatic heterocycles. The number of hydrogen-bond donors (Lipinski definition) is 2. The summed E-state index contributed by atoms with van der Waals surface area (Å²) < 4.78 is 26.4. The van der Waals surface area contributed by atoms with E-state index >= 15 is 0 Å². The fraction of sp³-hybridized carbons (Fsp3) is 0.158. The van der Waals surface area contributed by atoms with Crippen molar-refractivity contribution in [3.05, 3.63) is 70.9 Å². The van der Waals surface area contributed by atoms with Crippen LogP contribution in [0.2, 0.25) is 0 Å². The number of aryl methyl sites for hydroxylation is 3. The third kappa shape index (κ3) is 4.09. The molecule has 0 fully saturated rings. The van der Waals surface area contributed by atoms with Gasteiger partial charge in [0.2, 0.25) is 5.95 Å². The van der Waals surface area contributed by atoms with Crippen molar-refractivity contribution in [2.75, 3.05) is 10.6 Å². The summed E-state index contributed by atoms with van der Waals surface area (Å²) in [7, 11) is 0. The van der Waals surface area contributed by atoms with Crippen LogP contribution < -0.4 is 10.6 Å². The number of hydrogen-bond acceptors (Lipinski definition) is 4. The zero-order chi connectivity index (χ0) is 18.0. The lowest BCUT2D eigenvalue weighted by Crippen LogP contribution is -2.03. The summed E-state index contributed by atoms with van der Waals surface area (Å²) in [6, 6.07) is 11.4. The Morgan fingerprint density at radius 1 is 0.720 bits per heavy atom. The van der Waals surface area contributed by atoms with Crippen LogP contribution in [0.25, 0.3) is 0 Å². The Morgan fingerprint density at radius 3 is 2.16 bits per heavy atom. The average molecular weight is 340 g/mol. The number of nitrogens with one attached hydrogen (secondary N) is 2. The predicted molar refractivity (Wildman–Crippen MR) is 95.6 cm³/mol. The van der Waals surface area contributed by atoms with Gasteiger partial charge in [0.15, 0.2) is 11.6 Å². The van der Waals surface area contributed by atoms with Crippen LogP contribution >= 0.6 is 0 Å². The molecule has 0 unspecified atom stereocenters. The lowest BCUT2D eigenvalue weighted by atomic mass is 10.1. The Morgan fingerprint density at radius 2 is 1.44 bits per heavy atom. The predicted octanol–water partition coefficient (Wildman–Crippen LogP) is 5.17. The van der Waals surface area contributed by atoms with E-state index in [1.165, 1.54) is 17.2 Å². The number of anilines is 4. The van der Waals surface area contributed by atoms with Crippen molar-refractivity contribution in [1.29, 1.82) is 0 Å². The summed E-state index contributed by atoms with van der Waals surface area (Å²) in [5, 5.41) is 6.12. The van der Waals surface area contributed by atoms with E-state index in [2.05, 4.69) is 27.5 Å². The highest BCUT2D eigenvalue weighted by Gasteiger charge is 2.07. The maximum atomic E-state index is 13.3. The van der Waals surface area contributed by atoms with Gasteiger partial charge in [0.1, 0.15) is 5.82 Å². The molecule has 0 spiro atoms. The Balaban J connectivity index is 1.84. The zero-order valence-corrected chi connectivity index (χ0v) is 14.2. The van der Waals surface area contributed by atoms with E-state index in [-0.39, 0.29) is 0 Å². The number of aromatic nitrogens is 2. The zero-order valence-electron chi connectivity index (χ0n) is 14.2. The largest absolute Gasteiger partial charge is 0.340 e. The van der Waals surface area contributed by atoms with Gasteiger partial charge in [-0.15, -0.1) is 0 Å². The third-order valence-electron chi connectivity index (χ3n) is 3.81. The highest BCUT2D eigenvalue weighted by atomic mass is 19.2. The summed E-state index contributed by atoms with van der Waals surface area (Å²) in [6.45, 7) is 5.93. The molecule has 0 saturated heterocycles. The van der Waals surface area contributed by atoms with E-state index in [1.807, 2.05) is 38.1 Å². The minimum atomic E-state index is -0.925. The van der Waals surface area contributed by atoms with Gasteiger partial charge in [-0.3, -0.25) is 0 Å². The van der Waals surface area contributed by atoms with Crippen molar-refractivity contribution in [2.24, 2.45) is 0 Å². The molecule has 0 amide bonds. The minimum Gasteiger partial charge on any atom is -0.340 e. The molecule has 6 heteroatoms. The molecule has 0 aliphatic heterocycles. The Hall–Kier alpha value is -3.02. The van der Waals surface area contributed by atoms with Gasteiger partial charge in [0, 0.05) is 29.2 Å². The normalized spacial score (nSPS) is 10.6. The first-order valence-corrected chi connectivity index (χ1v) is 7.83. The first kappa shape index (κ1) is 16.8. The van der Waals surface area contributed by atoms with Gasteiger partial charge in [0.25, 0.3) is 0 Å². The van der Waals surface area contributed by atoms with Gasteiger partial charge in [0.05, 0.1) is 0 Å².